The fourth-order valence-corrected chi connectivity index (χ4v) is 2.30. The molecule has 0 aliphatic carbocycles. The predicted molar refractivity (Wildman–Crippen MR) is 92.2 cm³/mol. The number of rotatable bonds is 5. The van der Waals surface area contributed by atoms with Gasteiger partial charge in [0.2, 0.25) is 0 Å². The molecule has 0 bridgehead atoms. The number of nitro benzene ring substituents is 2. The molecule has 0 aromatic heterocycles. The van der Waals surface area contributed by atoms with Gasteiger partial charge in [-0.15, -0.1) is 5.10 Å². The lowest BCUT2D eigenvalue weighted by Crippen LogP contribution is -2.30. The Morgan fingerprint density at radius 2 is 1.85 bits per heavy atom. The maximum Gasteiger partial charge on any atom is 0.301 e. The Bertz CT molecular complexity index is 936. The van der Waals surface area contributed by atoms with Crippen molar-refractivity contribution in [3.8, 4) is 6.07 Å². The van der Waals surface area contributed by atoms with Crippen molar-refractivity contribution in [2.45, 2.75) is 0 Å². The van der Waals surface area contributed by atoms with E-state index in [1.54, 1.807) is 29.2 Å². The SMILES string of the molecule is N#Cc1ccc(N2C=NN(Nc3ccc([N+](=O)[O-])cc3[N+](=O)[O-])C2)cc1. The lowest BCUT2D eigenvalue weighted by Gasteiger charge is -2.20. The number of non-ortho nitro benzene ring substituents is 1. The van der Waals surface area contributed by atoms with E-state index >= 15 is 0 Å². The maximum absolute atomic E-state index is 11.2. The average Bonchev–Trinajstić information content (AvgIpc) is 3.10. The lowest BCUT2D eigenvalue weighted by atomic mass is 10.2. The first-order valence-corrected chi connectivity index (χ1v) is 7.26. The standard InChI is InChI=1S/C15H11N7O4/c16-8-11-1-3-12(4-2-11)19-9-17-20(10-19)18-14-6-5-13(21(23)24)7-15(14)22(25)26/h1-7,9,18H,10H2. The van der Waals surface area contributed by atoms with Gasteiger partial charge in [-0.1, -0.05) is 0 Å². The largest absolute Gasteiger partial charge is 0.309 e. The number of nitriles is 1. The number of anilines is 2. The van der Waals surface area contributed by atoms with Gasteiger partial charge in [0.05, 0.1) is 27.5 Å². The van der Waals surface area contributed by atoms with E-state index in [4.69, 9.17) is 5.26 Å². The van der Waals surface area contributed by atoms with Crippen molar-refractivity contribution in [2.24, 2.45) is 5.10 Å². The number of hydrazone groups is 1. The number of nitro groups is 2. The third-order valence-electron chi connectivity index (χ3n) is 3.58. The van der Waals surface area contributed by atoms with Gasteiger partial charge in [-0.2, -0.15) is 10.4 Å². The maximum atomic E-state index is 11.2. The molecule has 0 saturated heterocycles. The fraction of sp³-hybridized carbons (Fsp3) is 0.0667. The number of nitrogens with zero attached hydrogens (tertiary/aromatic N) is 6. The van der Waals surface area contributed by atoms with E-state index in [0.29, 0.717) is 5.56 Å². The highest BCUT2D eigenvalue weighted by Gasteiger charge is 2.23. The molecule has 11 nitrogen and oxygen atoms in total. The second kappa shape index (κ2) is 6.73. The van der Waals surface area contributed by atoms with Crippen LogP contribution in [-0.2, 0) is 0 Å². The van der Waals surface area contributed by atoms with Crippen LogP contribution in [0.25, 0.3) is 0 Å². The van der Waals surface area contributed by atoms with Crippen LogP contribution in [0.5, 0.6) is 0 Å². The summed E-state index contributed by atoms with van der Waals surface area (Å²) in [6.45, 7) is 0.250. The molecule has 0 amide bonds. The molecule has 26 heavy (non-hydrogen) atoms. The molecule has 0 fully saturated rings. The van der Waals surface area contributed by atoms with Crippen LogP contribution in [-0.4, -0.2) is 28.0 Å². The molecule has 1 aliphatic rings. The quantitative estimate of drug-likeness (QED) is 0.638. The van der Waals surface area contributed by atoms with Gasteiger partial charge < -0.3 is 4.90 Å². The molecule has 1 aliphatic heterocycles. The molecule has 1 N–H and O–H groups in total. The summed E-state index contributed by atoms with van der Waals surface area (Å²) in [5.41, 5.74) is 3.36. The highest BCUT2D eigenvalue weighted by molar-refractivity contribution is 5.80. The molecule has 3 rings (SSSR count). The van der Waals surface area contributed by atoms with E-state index < -0.39 is 15.5 Å². The van der Waals surface area contributed by atoms with E-state index in [-0.39, 0.29) is 18.0 Å². The zero-order valence-electron chi connectivity index (χ0n) is 13.1. The molecule has 0 saturated carbocycles. The topological polar surface area (TPSA) is 141 Å². The third kappa shape index (κ3) is 3.34. The summed E-state index contributed by atoms with van der Waals surface area (Å²) in [6.07, 6.45) is 1.52. The van der Waals surface area contributed by atoms with Gasteiger partial charge in [0.1, 0.15) is 18.7 Å². The molecule has 0 radical (unpaired) electrons. The van der Waals surface area contributed by atoms with Crippen molar-refractivity contribution < 1.29 is 9.85 Å². The molecule has 0 spiro atoms. The Hall–Kier alpha value is -4.20. The average molecular weight is 353 g/mol. The summed E-state index contributed by atoms with van der Waals surface area (Å²) in [5.74, 6) is 0. The molecule has 2 aromatic rings. The highest BCUT2D eigenvalue weighted by Crippen LogP contribution is 2.30. The monoisotopic (exact) mass is 353 g/mol. The molecule has 0 atom stereocenters. The molecular formula is C15H11N7O4. The smallest absolute Gasteiger partial charge is 0.301 e. The third-order valence-corrected chi connectivity index (χ3v) is 3.58. The van der Waals surface area contributed by atoms with Gasteiger partial charge in [0.25, 0.3) is 5.69 Å². The van der Waals surface area contributed by atoms with E-state index in [1.165, 1.54) is 23.6 Å². The second-order valence-corrected chi connectivity index (χ2v) is 5.23. The first-order chi connectivity index (χ1) is 12.5. The van der Waals surface area contributed by atoms with Gasteiger partial charge >= 0.3 is 5.69 Å². The van der Waals surface area contributed by atoms with Crippen molar-refractivity contribution in [2.75, 3.05) is 17.0 Å². The van der Waals surface area contributed by atoms with Crippen LogP contribution in [0.4, 0.5) is 22.7 Å². The van der Waals surface area contributed by atoms with Crippen LogP contribution >= 0.6 is 0 Å². The zero-order valence-corrected chi connectivity index (χ0v) is 13.1. The van der Waals surface area contributed by atoms with E-state index in [0.717, 1.165) is 11.8 Å². The van der Waals surface area contributed by atoms with E-state index in [1.807, 2.05) is 6.07 Å². The Morgan fingerprint density at radius 1 is 1.12 bits per heavy atom. The summed E-state index contributed by atoms with van der Waals surface area (Å²) in [7, 11) is 0. The van der Waals surface area contributed by atoms with Crippen LogP contribution < -0.4 is 10.3 Å². The van der Waals surface area contributed by atoms with Crippen molar-refractivity contribution in [1.29, 1.82) is 5.26 Å². The van der Waals surface area contributed by atoms with E-state index in [2.05, 4.69) is 10.5 Å². The Kier molecular flexibility index (Phi) is 4.31. The second-order valence-electron chi connectivity index (χ2n) is 5.23. The van der Waals surface area contributed by atoms with Crippen molar-refractivity contribution >= 4 is 29.1 Å². The molecule has 11 heteroatoms. The highest BCUT2D eigenvalue weighted by atomic mass is 16.6. The predicted octanol–water partition coefficient (Wildman–Crippen LogP) is 2.42. The Balaban J connectivity index is 1.74. The first kappa shape index (κ1) is 16.7. The molecule has 1 heterocycles. The first-order valence-electron chi connectivity index (χ1n) is 7.26. The molecular weight excluding hydrogens is 342 g/mol. The normalized spacial score (nSPS) is 12.7. The molecule has 2 aromatic carbocycles. The number of hydrazine groups is 1. The lowest BCUT2D eigenvalue weighted by molar-refractivity contribution is -0.393. The van der Waals surface area contributed by atoms with Gasteiger partial charge in [-0.05, 0) is 30.3 Å². The van der Waals surface area contributed by atoms with E-state index in [9.17, 15) is 20.2 Å². The Labute approximate surface area is 146 Å². The van der Waals surface area contributed by atoms with Crippen LogP contribution in [0.1, 0.15) is 5.56 Å². The summed E-state index contributed by atoms with van der Waals surface area (Å²) >= 11 is 0. The summed E-state index contributed by atoms with van der Waals surface area (Å²) < 4.78 is 0. The summed E-state index contributed by atoms with van der Waals surface area (Å²) in [6, 6.07) is 12.2. The van der Waals surface area contributed by atoms with Gasteiger partial charge in [0, 0.05) is 11.8 Å². The Morgan fingerprint density at radius 3 is 2.46 bits per heavy atom. The van der Waals surface area contributed by atoms with Gasteiger partial charge in [-0.25, -0.2) is 0 Å². The summed E-state index contributed by atoms with van der Waals surface area (Å²) in [4.78, 5) is 22.3. The minimum atomic E-state index is -0.701. The molecule has 0 unspecified atom stereocenters. The van der Waals surface area contributed by atoms with Crippen LogP contribution in [0.3, 0.4) is 0 Å². The van der Waals surface area contributed by atoms with Crippen LogP contribution in [0, 0.1) is 31.6 Å². The summed E-state index contributed by atoms with van der Waals surface area (Å²) in [5, 5.41) is 36.2. The van der Waals surface area contributed by atoms with Crippen molar-refractivity contribution in [3.05, 3.63) is 68.3 Å². The fourth-order valence-electron chi connectivity index (χ4n) is 2.30. The number of hydrogen-bond acceptors (Lipinski definition) is 9. The number of nitrogens with one attached hydrogen (secondary N) is 1. The molecule has 130 valence electrons. The number of benzene rings is 2. The van der Waals surface area contributed by atoms with Crippen LogP contribution in [0.2, 0.25) is 0 Å². The van der Waals surface area contributed by atoms with Crippen LogP contribution in [0.15, 0.2) is 47.6 Å². The van der Waals surface area contributed by atoms with Crippen molar-refractivity contribution in [1.82, 2.24) is 5.12 Å². The van der Waals surface area contributed by atoms with Crippen molar-refractivity contribution in [3.63, 3.8) is 0 Å². The zero-order chi connectivity index (χ0) is 18.7. The minimum absolute atomic E-state index is 0.0828. The minimum Gasteiger partial charge on any atom is -0.309 e. The van der Waals surface area contributed by atoms with Gasteiger partial charge in [-0.3, -0.25) is 25.7 Å². The number of hydrogen-bond donors (Lipinski definition) is 1. The van der Waals surface area contributed by atoms with Gasteiger partial charge in [0.15, 0.2) is 0 Å².